The lowest BCUT2D eigenvalue weighted by atomic mass is 10.1. The molecule has 0 atom stereocenters. The van der Waals surface area contributed by atoms with Gasteiger partial charge < -0.3 is 5.11 Å². The number of phenols is 1. The molecule has 7 nitrogen and oxygen atoms in total. The van der Waals surface area contributed by atoms with E-state index in [0.29, 0.717) is 10.6 Å². The van der Waals surface area contributed by atoms with Gasteiger partial charge in [-0.1, -0.05) is 23.7 Å². The minimum absolute atomic E-state index is 0.129. The van der Waals surface area contributed by atoms with Crippen molar-refractivity contribution in [3.63, 3.8) is 0 Å². The molecule has 1 amide bonds. The molecule has 8 heteroatoms. The molecule has 23 heavy (non-hydrogen) atoms. The van der Waals surface area contributed by atoms with Crippen molar-refractivity contribution in [1.82, 2.24) is 5.43 Å². The van der Waals surface area contributed by atoms with Crippen LogP contribution in [0.2, 0.25) is 5.02 Å². The van der Waals surface area contributed by atoms with Gasteiger partial charge in [-0.2, -0.15) is 5.10 Å². The first-order valence-corrected chi connectivity index (χ1v) is 6.87. The molecule has 0 spiro atoms. The van der Waals surface area contributed by atoms with Crippen LogP contribution in [0, 0.1) is 10.1 Å². The molecule has 2 aromatic carbocycles. The van der Waals surface area contributed by atoms with Crippen LogP contribution >= 0.6 is 11.6 Å². The number of phenolic OH excluding ortho intramolecular Hbond substituents is 1. The molecule has 0 saturated heterocycles. The average Bonchev–Trinajstić information content (AvgIpc) is 2.51. The summed E-state index contributed by atoms with van der Waals surface area (Å²) in [4.78, 5) is 21.7. The van der Waals surface area contributed by atoms with Gasteiger partial charge in [0.15, 0.2) is 5.75 Å². The molecule has 0 radical (unpaired) electrons. The van der Waals surface area contributed by atoms with Gasteiger partial charge in [-0.15, -0.1) is 0 Å². The summed E-state index contributed by atoms with van der Waals surface area (Å²) in [6.07, 6.45) is 1.39. The molecule has 0 saturated carbocycles. The van der Waals surface area contributed by atoms with Gasteiger partial charge in [0.1, 0.15) is 0 Å². The number of halogens is 1. The summed E-state index contributed by atoms with van der Waals surface area (Å²) >= 11 is 5.76. The highest BCUT2D eigenvalue weighted by Crippen LogP contribution is 2.25. The number of hydrogen-bond donors (Lipinski definition) is 2. The zero-order valence-electron chi connectivity index (χ0n) is 11.8. The number of nitrogens with one attached hydrogen (secondary N) is 1. The lowest BCUT2D eigenvalue weighted by Gasteiger charge is -2.01. The number of rotatable bonds is 5. The Hall–Kier alpha value is -2.93. The Morgan fingerprint density at radius 2 is 2.00 bits per heavy atom. The van der Waals surface area contributed by atoms with Gasteiger partial charge in [-0.3, -0.25) is 14.9 Å². The van der Waals surface area contributed by atoms with E-state index >= 15 is 0 Å². The van der Waals surface area contributed by atoms with E-state index in [1.807, 2.05) is 0 Å². The zero-order chi connectivity index (χ0) is 16.8. The molecule has 2 rings (SSSR count). The molecule has 0 heterocycles. The Bertz CT molecular complexity index is 760. The van der Waals surface area contributed by atoms with Crippen LogP contribution in [0.5, 0.6) is 5.75 Å². The number of carbonyl (C=O) groups excluding carboxylic acids is 1. The second-order valence-electron chi connectivity index (χ2n) is 4.60. The molecule has 2 N–H and O–H groups in total. The van der Waals surface area contributed by atoms with Gasteiger partial charge >= 0.3 is 5.69 Å². The Kier molecular flexibility index (Phi) is 5.27. The van der Waals surface area contributed by atoms with E-state index in [2.05, 4.69) is 10.5 Å². The Balaban J connectivity index is 1.96. The van der Waals surface area contributed by atoms with Gasteiger partial charge in [-0.05, 0) is 29.8 Å². The number of carbonyl (C=O) groups is 1. The molecule has 0 fully saturated rings. The molecule has 0 bridgehead atoms. The second kappa shape index (κ2) is 7.37. The van der Waals surface area contributed by atoms with Crippen LogP contribution in [-0.2, 0) is 11.2 Å². The third-order valence-electron chi connectivity index (χ3n) is 2.88. The number of nitro groups is 1. The lowest BCUT2D eigenvalue weighted by molar-refractivity contribution is -0.385. The number of benzene rings is 2. The maximum absolute atomic E-state index is 11.7. The Morgan fingerprint density at radius 1 is 1.30 bits per heavy atom. The van der Waals surface area contributed by atoms with E-state index in [-0.39, 0.29) is 12.3 Å². The summed E-state index contributed by atoms with van der Waals surface area (Å²) in [5, 5.41) is 24.4. The van der Waals surface area contributed by atoms with Crippen molar-refractivity contribution in [3.05, 3.63) is 68.7 Å². The smallest absolute Gasteiger partial charge is 0.311 e. The zero-order valence-corrected chi connectivity index (χ0v) is 12.5. The Morgan fingerprint density at radius 3 is 2.65 bits per heavy atom. The summed E-state index contributed by atoms with van der Waals surface area (Å²) in [5.74, 6) is -0.768. The predicted molar refractivity (Wildman–Crippen MR) is 85.7 cm³/mol. The third kappa shape index (κ3) is 4.79. The number of hydrazone groups is 1. The van der Waals surface area contributed by atoms with Crippen LogP contribution < -0.4 is 5.43 Å². The van der Waals surface area contributed by atoms with Gasteiger partial charge in [0, 0.05) is 16.7 Å². The summed E-state index contributed by atoms with van der Waals surface area (Å²) < 4.78 is 0. The molecular weight excluding hydrogens is 322 g/mol. The van der Waals surface area contributed by atoms with Crippen molar-refractivity contribution in [3.8, 4) is 5.75 Å². The second-order valence-corrected chi connectivity index (χ2v) is 5.04. The first-order valence-electron chi connectivity index (χ1n) is 6.49. The fourth-order valence-corrected chi connectivity index (χ4v) is 1.90. The van der Waals surface area contributed by atoms with Crippen LogP contribution in [0.25, 0.3) is 0 Å². The van der Waals surface area contributed by atoms with Gasteiger partial charge in [0.25, 0.3) is 0 Å². The van der Waals surface area contributed by atoms with Crippen molar-refractivity contribution in [2.24, 2.45) is 5.10 Å². The average molecular weight is 334 g/mol. The minimum Gasteiger partial charge on any atom is -0.502 e. The van der Waals surface area contributed by atoms with Crippen LogP contribution in [0.15, 0.2) is 47.6 Å². The number of hydrogen-bond acceptors (Lipinski definition) is 5. The first kappa shape index (κ1) is 16.4. The van der Waals surface area contributed by atoms with E-state index in [1.165, 1.54) is 18.3 Å². The Labute approximate surface area is 136 Å². The maximum Gasteiger partial charge on any atom is 0.311 e. The summed E-state index contributed by atoms with van der Waals surface area (Å²) in [6.45, 7) is 0. The summed E-state index contributed by atoms with van der Waals surface area (Å²) in [5.41, 5.74) is 3.05. The SMILES string of the molecule is O=C(Cc1ccc(Cl)cc1)N/N=C\c1ccc(O)c([N+](=O)[O-])c1. The standard InChI is InChI=1S/C15H12ClN3O4/c16-12-4-1-10(2-5-12)8-15(21)18-17-9-11-3-6-14(20)13(7-11)19(22)23/h1-7,9,20H,8H2,(H,18,21)/b17-9-. The van der Waals surface area contributed by atoms with Gasteiger partial charge in [0.2, 0.25) is 5.91 Å². The topological polar surface area (TPSA) is 105 Å². The molecule has 0 aliphatic rings. The maximum atomic E-state index is 11.7. The highest BCUT2D eigenvalue weighted by atomic mass is 35.5. The van der Waals surface area contributed by atoms with E-state index in [4.69, 9.17) is 11.6 Å². The monoisotopic (exact) mass is 333 g/mol. The summed E-state index contributed by atoms with van der Waals surface area (Å²) in [7, 11) is 0. The van der Waals surface area contributed by atoms with Gasteiger partial charge in [0.05, 0.1) is 17.6 Å². The van der Waals surface area contributed by atoms with E-state index in [9.17, 15) is 20.0 Å². The fourth-order valence-electron chi connectivity index (χ4n) is 1.77. The van der Waals surface area contributed by atoms with Crippen molar-refractivity contribution < 1.29 is 14.8 Å². The largest absolute Gasteiger partial charge is 0.502 e. The molecule has 0 aromatic heterocycles. The minimum atomic E-state index is -0.703. The highest BCUT2D eigenvalue weighted by molar-refractivity contribution is 6.30. The number of aromatic hydroxyl groups is 1. The van der Waals surface area contributed by atoms with E-state index in [0.717, 1.165) is 11.6 Å². The quantitative estimate of drug-likeness (QED) is 0.498. The van der Waals surface area contributed by atoms with Gasteiger partial charge in [-0.25, -0.2) is 5.43 Å². The van der Waals surface area contributed by atoms with Crippen molar-refractivity contribution in [2.45, 2.75) is 6.42 Å². The predicted octanol–water partition coefficient (Wildman–Crippen LogP) is 2.65. The number of nitrogens with zero attached hydrogens (tertiary/aromatic N) is 2. The molecule has 2 aromatic rings. The third-order valence-corrected chi connectivity index (χ3v) is 3.13. The van der Waals surface area contributed by atoms with Crippen molar-refractivity contribution >= 4 is 29.4 Å². The highest BCUT2D eigenvalue weighted by Gasteiger charge is 2.12. The first-order chi connectivity index (χ1) is 11.0. The van der Waals surface area contributed by atoms with Crippen LogP contribution in [0.4, 0.5) is 5.69 Å². The molecule has 0 aliphatic heterocycles. The molecule has 118 valence electrons. The van der Waals surface area contributed by atoms with Crippen LogP contribution in [0.1, 0.15) is 11.1 Å². The normalized spacial score (nSPS) is 10.7. The van der Waals surface area contributed by atoms with Crippen LogP contribution in [-0.4, -0.2) is 22.2 Å². The van der Waals surface area contributed by atoms with Crippen LogP contribution in [0.3, 0.4) is 0 Å². The lowest BCUT2D eigenvalue weighted by Crippen LogP contribution is -2.19. The molecule has 0 aliphatic carbocycles. The molecular formula is C15H12ClN3O4. The fraction of sp³-hybridized carbons (Fsp3) is 0.0667. The molecule has 0 unspecified atom stereocenters. The number of amides is 1. The van der Waals surface area contributed by atoms with E-state index < -0.39 is 16.4 Å². The van der Waals surface area contributed by atoms with E-state index in [1.54, 1.807) is 24.3 Å². The summed E-state index contributed by atoms with van der Waals surface area (Å²) in [6, 6.07) is 10.6. The van der Waals surface area contributed by atoms with Crippen molar-refractivity contribution in [2.75, 3.05) is 0 Å². The number of nitro benzene ring substituents is 1. The van der Waals surface area contributed by atoms with Crippen molar-refractivity contribution in [1.29, 1.82) is 0 Å².